The second-order valence-electron chi connectivity index (χ2n) is 10.8. The van der Waals surface area contributed by atoms with Crippen molar-refractivity contribution in [2.75, 3.05) is 38.2 Å². The number of nitrogens with zero attached hydrogens (tertiary/aromatic N) is 3. The molecule has 0 unspecified atom stereocenters. The Bertz CT molecular complexity index is 1410. The van der Waals surface area contributed by atoms with Crippen LogP contribution in [0.2, 0.25) is 0 Å². The highest BCUT2D eigenvalue weighted by Gasteiger charge is 2.37. The van der Waals surface area contributed by atoms with Gasteiger partial charge in [0.15, 0.2) is 5.78 Å². The predicted octanol–water partition coefficient (Wildman–Crippen LogP) is 4.27. The van der Waals surface area contributed by atoms with Crippen molar-refractivity contribution in [1.29, 1.82) is 0 Å². The number of piperazine rings is 1. The Balaban J connectivity index is 1.51. The Morgan fingerprint density at radius 1 is 0.919 bits per heavy atom. The second-order valence-corrected chi connectivity index (χ2v) is 10.8. The lowest BCUT2D eigenvalue weighted by atomic mass is 9.73. The molecule has 1 aromatic heterocycles. The van der Waals surface area contributed by atoms with Crippen molar-refractivity contribution in [1.82, 2.24) is 9.47 Å². The van der Waals surface area contributed by atoms with Crippen molar-refractivity contribution >= 4 is 17.4 Å². The summed E-state index contributed by atoms with van der Waals surface area (Å²) in [6.45, 7) is 8.27. The first kappa shape index (κ1) is 24.8. The van der Waals surface area contributed by atoms with Gasteiger partial charge in [-0.25, -0.2) is 0 Å². The maximum Gasteiger partial charge on any atom is 0.268 e. The molecule has 192 valence electrons. The maximum atomic E-state index is 14.0. The fraction of sp³-hybridized carbons (Fsp3) is 0.367. The van der Waals surface area contributed by atoms with Gasteiger partial charge in [0, 0.05) is 61.8 Å². The number of carbonyl (C=O) groups excluding carboxylic acids is 2. The zero-order chi connectivity index (χ0) is 26.3. The zero-order valence-electron chi connectivity index (χ0n) is 21.9. The van der Waals surface area contributed by atoms with Gasteiger partial charge in [0.25, 0.3) is 11.5 Å². The molecule has 37 heavy (non-hydrogen) atoms. The minimum Gasteiger partial charge on any atom is -0.497 e. The smallest absolute Gasteiger partial charge is 0.268 e. The van der Waals surface area contributed by atoms with E-state index < -0.39 is 0 Å². The molecule has 5 rings (SSSR count). The van der Waals surface area contributed by atoms with Crippen LogP contribution in [0.5, 0.6) is 5.75 Å². The number of benzene rings is 2. The Hall–Kier alpha value is -3.87. The van der Waals surface area contributed by atoms with Gasteiger partial charge in [-0.15, -0.1) is 0 Å². The monoisotopic (exact) mass is 499 g/mol. The van der Waals surface area contributed by atoms with Crippen LogP contribution in [0.15, 0.2) is 59.5 Å². The van der Waals surface area contributed by atoms with Crippen molar-refractivity contribution in [3.63, 3.8) is 0 Å². The van der Waals surface area contributed by atoms with Crippen molar-refractivity contribution in [3.05, 3.63) is 87.3 Å². The van der Waals surface area contributed by atoms with Gasteiger partial charge in [-0.3, -0.25) is 19.0 Å². The van der Waals surface area contributed by atoms with E-state index in [4.69, 9.17) is 4.74 Å². The van der Waals surface area contributed by atoms with E-state index in [0.29, 0.717) is 55.8 Å². The standard InChI is InChI=1S/C30H33N3O4/c1-20-8-10-21(11-9-20)33-19-25-24(17-30(2,3)18-26(25)34)27(29(33)36)28(35)32-14-12-31(13-15-32)22-6-5-7-23(16-22)37-4/h5-11,16,19H,12-15,17-18H2,1-4H3. The minimum atomic E-state index is -0.367. The van der Waals surface area contributed by atoms with E-state index in [9.17, 15) is 14.4 Å². The fourth-order valence-corrected chi connectivity index (χ4v) is 5.40. The molecule has 0 atom stereocenters. The number of hydrogen-bond acceptors (Lipinski definition) is 5. The van der Waals surface area contributed by atoms with E-state index in [-0.39, 0.29) is 28.2 Å². The number of anilines is 1. The molecule has 7 heteroatoms. The zero-order valence-corrected chi connectivity index (χ0v) is 21.9. The van der Waals surface area contributed by atoms with Gasteiger partial charge in [0.05, 0.1) is 7.11 Å². The summed E-state index contributed by atoms with van der Waals surface area (Å²) in [6, 6.07) is 15.4. The van der Waals surface area contributed by atoms with Crippen molar-refractivity contribution in [2.45, 2.75) is 33.6 Å². The molecule has 1 amide bonds. The lowest BCUT2D eigenvalue weighted by Gasteiger charge is -2.37. The van der Waals surface area contributed by atoms with Gasteiger partial charge in [-0.1, -0.05) is 37.6 Å². The molecule has 1 saturated heterocycles. The lowest BCUT2D eigenvalue weighted by molar-refractivity contribution is 0.0742. The molecule has 2 aliphatic rings. The van der Waals surface area contributed by atoms with Crippen LogP contribution in [-0.2, 0) is 6.42 Å². The Morgan fingerprint density at radius 3 is 2.30 bits per heavy atom. The molecule has 1 fully saturated rings. The van der Waals surface area contributed by atoms with Crippen molar-refractivity contribution in [3.8, 4) is 11.4 Å². The number of methoxy groups -OCH3 is 1. The van der Waals surface area contributed by atoms with E-state index in [0.717, 1.165) is 17.0 Å². The Kier molecular flexibility index (Phi) is 6.40. The second kappa shape index (κ2) is 9.54. The minimum absolute atomic E-state index is 0.0241. The molecule has 0 radical (unpaired) electrons. The topological polar surface area (TPSA) is 71.8 Å². The van der Waals surface area contributed by atoms with E-state index in [1.54, 1.807) is 18.2 Å². The Morgan fingerprint density at radius 2 is 1.62 bits per heavy atom. The first-order chi connectivity index (χ1) is 17.7. The van der Waals surface area contributed by atoms with Crippen molar-refractivity contribution in [2.24, 2.45) is 5.41 Å². The molecule has 1 aliphatic heterocycles. The van der Waals surface area contributed by atoms with E-state index in [1.165, 1.54) is 4.57 Å². The largest absolute Gasteiger partial charge is 0.497 e. The van der Waals surface area contributed by atoms with Crippen LogP contribution in [0.4, 0.5) is 5.69 Å². The number of aryl methyl sites for hydroxylation is 1. The molecule has 2 heterocycles. The average molecular weight is 500 g/mol. The number of fused-ring (bicyclic) bond motifs is 1. The highest BCUT2D eigenvalue weighted by atomic mass is 16.5. The third-order valence-corrected chi connectivity index (χ3v) is 7.42. The predicted molar refractivity (Wildman–Crippen MR) is 144 cm³/mol. The SMILES string of the molecule is COc1cccc(N2CCN(C(=O)c3c4c(cn(-c5ccc(C)cc5)c3=O)C(=O)CC(C)(C)C4)CC2)c1. The number of carbonyl (C=O) groups is 2. The molecule has 0 spiro atoms. The molecule has 0 N–H and O–H groups in total. The van der Waals surface area contributed by atoms with Gasteiger partial charge in [0.2, 0.25) is 0 Å². The molecule has 1 aliphatic carbocycles. The summed E-state index contributed by atoms with van der Waals surface area (Å²) < 4.78 is 6.82. The van der Waals surface area contributed by atoms with Crippen LogP contribution in [-0.4, -0.2) is 54.4 Å². The van der Waals surface area contributed by atoms with Crippen LogP contribution in [0.3, 0.4) is 0 Å². The van der Waals surface area contributed by atoms with Gasteiger partial charge >= 0.3 is 0 Å². The van der Waals surface area contributed by atoms with E-state index >= 15 is 0 Å². The summed E-state index contributed by atoms with van der Waals surface area (Å²) in [5.41, 5.74) is 3.28. The third-order valence-electron chi connectivity index (χ3n) is 7.42. The summed E-state index contributed by atoms with van der Waals surface area (Å²) in [7, 11) is 1.64. The number of ether oxygens (including phenoxy) is 1. The lowest BCUT2D eigenvalue weighted by Crippen LogP contribution is -2.50. The number of amides is 1. The van der Waals surface area contributed by atoms with Crippen LogP contribution in [0.25, 0.3) is 5.69 Å². The Labute approximate surface area is 217 Å². The number of Topliss-reactive ketones (excluding diaryl/α,β-unsaturated/α-hetero) is 1. The highest BCUT2D eigenvalue weighted by molar-refractivity contribution is 6.04. The van der Waals surface area contributed by atoms with Crippen LogP contribution < -0.4 is 15.2 Å². The molecular weight excluding hydrogens is 466 g/mol. The van der Waals surface area contributed by atoms with Crippen LogP contribution in [0, 0.1) is 12.3 Å². The molecular formula is C30H33N3O4. The molecule has 2 aromatic carbocycles. The fourth-order valence-electron chi connectivity index (χ4n) is 5.40. The summed E-state index contributed by atoms with van der Waals surface area (Å²) in [6.07, 6.45) is 2.54. The number of rotatable bonds is 4. The van der Waals surface area contributed by atoms with Gasteiger partial charge in [-0.05, 0) is 48.6 Å². The van der Waals surface area contributed by atoms with Crippen LogP contribution in [0.1, 0.15) is 52.1 Å². The quantitative estimate of drug-likeness (QED) is 0.536. The van der Waals surface area contributed by atoms with Gasteiger partial charge < -0.3 is 14.5 Å². The normalized spacial score (nSPS) is 16.9. The number of hydrogen-bond donors (Lipinski definition) is 0. The molecule has 3 aromatic rings. The van der Waals surface area contributed by atoms with Crippen molar-refractivity contribution < 1.29 is 14.3 Å². The highest BCUT2D eigenvalue weighted by Crippen LogP contribution is 2.36. The van der Waals surface area contributed by atoms with E-state index in [2.05, 4.69) is 4.90 Å². The third kappa shape index (κ3) is 4.78. The average Bonchev–Trinajstić information content (AvgIpc) is 2.88. The first-order valence-electron chi connectivity index (χ1n) is 12.7. The van der Waals surface area contributed by atoms with Gasteiger partial charge in [0.1, 0.15) is 11.3 Å². The summed E-state index contributed by atoms with van der Waals surface area (Å²) in [5.74, 6) is 0.471. The van der Waals surface area contributed by atoms with E-state index in [1.807, 2.05) is 69.3 Å². The summed E-state index contributed by atoms with van der Waals surface area (Å²) in [4.78, 5) is 45.0. The molecule has 0 bridgehead atoms. The first-order valence-corrected chi connectivity index (χ1v) is 12.7. The number of pyridine rings is 1. The number of ketones is 1. The molecule has 0 saturated carbocycles. The maximum absolute atomic E-state index is 14.0. The summed E-state index contributed by atoms with van der Waals surface area (Å²) in [5, 5.41) is 0. The molecule has 7 nitrogen and oxygen atoms in total. The number of aromatic nitrogens is 1. The van der Waals surface area contributed by atoms with Crippen LogP contribution >= 0.6 is 0 Å². The summed E-state index contributed by atoms with van der Waals surface area (Å²) >= 11 is 0. The van der Waals surface area contributed by atoms with Gasteiger partial charge in [-0.2, -0.15) is 0 Å².